The van der Waals surface area contributed by atoms with Crippen LogP contribution in [0.3, 0.4) is 0 Å². The van der Waals surface area contributed by atoms with Gasteiger partial charge < -0.3 is 15.3 Å². The number of halogens is 2. The highest BCUT2D eigenvalue weighted by molar-refractivity contribution is 6.01. The van der Waals surface area contributed by atoms with Crippen LogP contribution in [0.2, 0.25) is 0 Å². The number of carbonyl (C=O) groups excluding carboxylic acids is 2. The van der Waals surface area contributed by atoms with Gasteiger partial charge in [-0.05, 0) is 6.42 Å². The molecule has 0 saturated carbocycles. The number of hydroxylamine groups is 1. The third kappa shape index (κ3) is 3.21. The number of carbonyl (C=O) groups is 2. The summed E-state index contributed by atoms with van der Waals surface area (Å²) in [7, 11) is 0. The average molecular weight is 286 g/mol. The molecule has 3 N–H and O–H groups in total. The predicted octanol–water partition coefficient (Wildman–Crippen LogP) is -0.128. The highest BCUT2D eigenvalue weighted by Gasteiger charge is 2.37. The summed E-state index contributed by atoms with van der Waals surface area (Å²) in [6.07, 6.45) is -0.894. The monoisotopic (exact) mass is 286 g/mol. The molecule has 0 bridgehead atoms. The van der Waals surface area contributed by atoms with E-state index in [-0.39, 0.29) is 18.7 Å². The van der Waals surface area contributed by atoms with Gasteiger partial charge in [-0.2, -0.15) is 5.48 Å². The van der Waals surface area contributed by atoms with Gasteiger partial charge in [-0.15, -0.1) is 0 Å². The molecule has 2 unspecified atom stereocenters. The number of aliphatic hydroxyl groups excluding tert-OH is 1. The molecule has 0 aromatic heterocycles. The van der Waals surface area contributed by atoms with Gasteiger partial charge in [-0.1, -0.05) is 0 Å². The summed E-state index contributed by atoms with van der Waals surface area (Å²) in [6, 6.07) is 2.37. The van der Waals surface area contributed by atoms with Crippen molar-refractivity contribution in [2.24, 2.45) is 5.92 Å². The van der Waals surface area contributed by atoms with Crippen LogP contribution in [0, 0.1) is 17.6 Å². The predicted molar refractivity (Wildman–Crippen MR) is 62.3 cm³/mol. The molecule has 8 heteroatoms. The largest absolute Gasteiger partial charge is 0.392 e. The maximum Gasteiger partial charge on any atom is 0.267 e. The summed E-state index contributed by atoms with van der Waals surface area (Å²) < 4.78 is 25.8. The summed E-state index contributed by atoms with van der Waals surface area (Å²) in [5.41, 5.74) is 1.89. The Balaban J connectivity index is 1.99. The molecular weight excluding hydrogens is 274 g/mol. The lowest BCUT2D eigenvalue weighted by Gasteiger charge is -2.25. The molecule has 1 aliphatic rings. The van der Waals surface area contributed by atoms with Crippen LogP contribution in [0.1, 0.15) is 6.42 Å². The van der Waals surface area contributed by atoms with Gasteiger partial charge in [0.1, 0.15) is 17.6 Å². The molecule has 1 heterocycles. The maximum atomic E-state index is 12.9. The van der Waals surface area contributed by atoms with Gasteiger partial charge in [-0.3, -0.25) is 9.59 Å². The molecule has 1 saturated heterocycles. The second-order valence-corrected chi connectivity index (χ2v) is 4.30. The van der Waals surface area contributed by atoms with E-state index in [4.69, 9.17) is 4.84 Å². The smallest absolute Gasteiger partial charge is 0.267 e. The fourth-order valence-electron chi connectivity index (χ4n) is 1.85. The Bertz CT molecular complexity index is 518. The Morgan fingerprint density at radius 1 is 1.35 bits per heavy atom. The number of piperidine rings is 1. The summed E-state index contributed by atoms with van der Waals surface area (Å²) >= 11 is 0. The highest BCUT2D eigenvalue weighted by Crippen LogP contribution is 2.16. The second-order valence-electron chi connectivity index (χ2n) is 4.30. The second kappa shape index (κ2) is 5.83. The minimum absolute atomic E-state index is 0.235. The Labute approximate surface area is 112 Å². The van der Waals surface area contributed by atoms with Crippen LogP contribution in [0.4, 0.5) is 8.78 Å². The van der Waals surface area contributed by atoms with E-state index in [0.717, 1.165) is 12.1 Å². The number of nitrogens with one attached hydrogen (secondary N) is 2. The lowest BCUT2D eigenvalue weighted by Crippen LogP contribution is -2.52. The van der Waals surface area contributed by atoms with Crippen LogP contribution < -0.4 is 15.6 Å². The molecule has 0 aliphatic carbocycles. The first kappa shape index (κ1) is 14.2. The molecule has 2 amide bonds. The van der Waals surface area contributed by atoms with Crippen molar-refractivity contribution in [2.75, 3.05) is 6.54 Å². The molecule has 2 atom stereocenters. The van der Waals surface area contributed by atoms with Crippen molar-refractivity contribution in [1.82, 2.24) is 10.8 Å². The van der Waals surface area contributed by atoms with Gasteiger partial charge in [0.25, 0.3) is 5.91 Å². The molecule has 20 heavy (non-hydrogen) atoms. The van der Waals surface area contributed by atoms with E-state index < -0.39 is 35.5 Å². The Morgan fingerprint density at radius 2 is 2.00 bits per heavy atom. The molecule has 6 nitrogen and oxygen atoms in total. The van der Waals surface area contributed by atoms with E-state index in [2.05, 4.69) is 5.32 Å². The van der Waals surface area contributed by atoms with E-state index in [1.807, 2.05) is 5.48 Å². The average Bonchev–Trinajstić information content (AvgIpc) is 2.35. The summed E-state index contributed by atoms with van der Waals surface area (Å²) in [4.78, 5) is 27.9. The van der Waals surface area contributed by atoms with Crippen molar-refractivity contribution in [2.45, 2.75) is 12.5 Å². The fraction of sp³-hybridized carbons (Fsp3) is 0.333. The van der Waals surface area contributed by atoms with Crippen LogP contribution >= 0.6 is 0 Å². The number of hydrogen-bond acceptors (Lipinski definition) is 4. The zero-order chi connectivity index (χ0) is 14.7. The molecule has 1 fully saturated rings. The minimum atomic E-state index is -1.32. The summed E-state index contributed by atoms with van der Waals surface area (Å²) in [6.45, 7) is 0.278. The van der Waals surface area contributed by atoms with E-state index >= 15 is 0 Å². The van der Waals surface area contributed by atoms with E-state index in [9.17, 15) is 23.5 Å². The third-order valence-corrected chi connectivity index (χ3v) is 2.79. The first-order chi connectivity index (χ1) is 9.47. The zero-order valence-corrected chi connectivity index (χ0v) is 10.2. The van der Waals surface area contributed by atoms with Crippen molar-refractivity contribution in [1.29, 1.82) is 0 Å². The van der Waals surface area contributed by atoms with Crippen molar-refractivity contribution < 1.29 is 28.3 Å². The summed E-state index contributed by atoms with van der Waals surface area (Å²) in [5.74, 6) is -4.84. The van der Waals surface area contributed by atoms with Crippen LogP contribution in [0.15, 0.2) is 18.2 Å². The Kier molecular flexibility index (Phi) is 4.14. The van der Waals surface area contributed by atoms with Crippen molar-refractivity contribution in [3.8, 4) is 5.75 Å². The molecule has 2 rings (SSSR count). The van der Waals surface area contributed by atoms with Crippen LogP contribution in [-0.2, 0) is 9.59 Å². The number of aliphatic hydroxyl groups is 1. The minimum Gasteiger partial charge on any atom is -0.392 e. The van der Waals surface area contributed by atoms with Crippen LogP contribution in [-0.4, -0.2) is 29.6 Å². The van der Waals surface area contributed by atoms with Crippen LogP contribution in [0.5, 0.6) is 5.75 Å². The van der Waals surface area contributed by atoms with Crippen molar-refractivity contribution in [3.05, 3.63) is 29.8 Å². The molecule has 1 aromatic rings. The van der Waals surface area contributed by atoms with E-state index in [0.29, 0.717) is 6.07 Å². The first-order valence-electron chi connectivity index (χ1n) is 5.86. The first-order valence-corrected chi connectivity index (χ1v) is 5.86. The quantitative estimate of drug-likeness (QED) is 0.533. The molecule has 0 spiro atoms. The third-order valence-electron chi connectivity index (χ3n) is 2.79. The van der Waals surface area contributed by atoms with Gasteiger partial charge in [0.15, 0.2) is 5.75 Å². The topological polar surface area (TPSA) is 87.7 Å². The fourth-order valence-corrected chi connectivity index (χ4v) is 1.85. The van der Waals surface area contributed by atoms with Crippen LogP contribution in [0.25, 0.3) is 0 Å². The lowest BCUT2D eigenvalue weighted by atomic mass is 9.95. The van der Waals surface area contributed by atoms with Crippen molar-refractivity contribution in [3.63, 3.8) is 0 Å². The highest BCUT2D eigenvalue weighted by atomic mass is 19.1. The number of hydrogen-bond donors (Lipinski definition) is 3. The zero-order valence-electron chi connectivity index (χ0n) is 10.2. The molecule has 108 valence electrons. The Morgan fingerprint density at radius 3 is 2.60 bits per heavy atom. The summed E-state index contributed by atoms with van der Waals surface area (Å²) in [5, 5.41) is 12.0. The molecular formula is C12H12F2N2O4. The Hall–Kier alpha value is -2.22. The van der Waals surface area contributed by atoms with Gasteiger partial charge >= 0.3 is 0 Å². The molecule has 1 aromatic carbocycles. The number of amides is 2. The van der Waals surface area contributed by atoms with Crippen molar-refractivity contribution >= 4 is 11.8 Å². The number of rotatable bonds is 3. The van der Waals surface area contributed by atoms with E-state index in [1.54, 1.807) is 0 Å². The van der Waals surface area contributed by atoms with Gasteiger partial charge in [0.05, 0.1) is 6.10 Å². The lowest BCUT2D eigenvalue weighted by molar-refractivity contribution is -0.146. The van der Waals surface area contributed by atoms with E-state index in [1.165, 1.54) is 0 Å². The molecule has 0 radical (unpaired) electrons. The number of benzene rings is 1. The SMILES string of the molecule is O=C1NCCC(O)C1C(=O)NOc1cc(F)cc(F)c1. The molecule has 1 aliphatic heterocycles. The normalized spacial score (nSPS) is 22.1. The van der Waals surface area contributed by atoms with Gasteiger partial charge in [0, 0.05) is 24.7 Å². The maximum absolute atomic E-state index is 12.9. The van der Waals surface area contributed by atoms with Gasteiger partial charge in [-0.25, -0.2) is 8.78 Å². The standard InChI is InChI=1S/C12H12F2N2O4/c13-6-3-7(14)5-8(4-6)20-16-12(19)10-9(17)1-2-15-11(10)18/h3-5,9-10,17H,1-2H2,(H,15,18)(H,16,19). The van der Waals surface area contributed by atoms with Gasteiger partial charge in [0.2, 0.25) is 5.91 Å².